The Hall–Kier alpha value is -2.71. The van der Waals surface area contributed by atoms with E-state index in [9.17, 15) is 4.79 Å². The number of ether oxygens (including phenoxy) is 2. The second kappa shape index (κ2) is 7.13. The van der Waals surface area contributed by atoms with Crippen LogP contribution < -0.4 is 5.73 Å². The number of carbonyl (C=O) groups is 1. The fourth-order valence-electron chi connectivity index (χ4n) is 3.28. The minimum absolute atomic E-state index is 0.0771. The smallest absolute Gasteiger partial charge is 0.338 e. The molecule has 4 rings (SSSR count). The summed E-state index contributed by atoms with van der Waals surface area (Å²) in [6, 6.07) is 8.87. The van der Waals surface area contributed by atoms with Crippen LogP contribution in [0.3, 0.4) is 0 Å². The Labute approximate surface area is 160 Å². The average molecular weight is 388 g/mol. The van der Waals surface area contributed by atoms with E-state index in [0.29, 0.717) is 16.7 Å². The molecule has 1 aliphatic heterocycles. The van der Waals surface area contributed by atoms with Gasteiger partial charge in [-0.1, -0.05) is 36.7 Å². The summed E-state index contributed by atoms with van der Waals surface area (Å²) in [5.41, 5.74) is 7.21. The maximum absolute atomic E-state index is 12.1. The van der Waals surface area contributed by atoms with Gasteiger partial charge in [0.25, 0.3) is 0 Å². The summed E-state index contributed by atoms with van der Waals surface area (Å²) < 4.78 is 13.3. The van der Waals surface area contributed by atoms with Crippen molar-refractivity contribution in [1.29, 1.82) is 0 Å². The van der Waals surface area contributed by atoms with Crippen molar-refractivity contribution in [1.82, 2.24) is 19.5 Å². The van der Waals surface area contributed by atoms with Crippen molar-refractivity contribution in [2.75, 3.05) is 12.3 Å². The zero-order valence-electron chi connectivity index (χ0n) is 14.6. The second-order valence-corrected chi connectivity index (χ2v) is 6.88. The summed E-state index contributed by atoms with van der Waals surface area (Å²) in [7, 11) is 0. The molecule has 0 unspecified atom stereocenters. The highest BCUT2D eigenvalue weighted by molar-refractivity contribution is 6.33. The number of halogens is 1. The number of rotatable bonds is 4. The molecule has 8 nitrogen and oxygen atoms in total. The molecule has 1 saturated heterocycles. The quantitative estimate of drug-likeness (QED) is 0.542. The molecule has 0 amide bonds. The number of nitrogens with two attached hydrogens (primary N) is 1. The first-order chi connectivity index (χ1) is 13.0. The maximum Gasteiger partial charge on any atom is 0.338 e. The molecule has 0 radical (unpaired) electrons. The Balaban J connectivity index is 1.47. The topological polar surface area (TPSA) is 105 Å². The largest absolute Gasteiger partial charge is 0.459 e. The Morgan fingerprint density at radius 2 is 2.15 bits per heavy atom. The predicted molar refractivity (Wildman–Crippen MR) is 99.2 cm³/mol. The summed E-state index contributed by atoms with van der Waals surface area (Å²) in [5.74, 6) is -0.123. The van der Waals surface area contributed by atoms with Crippen LogP contribution in [-0.4, -0.2) is 38.2 Å². The van der Waals surface area contributed by atoms with Crippen molar-refractivity contribution in [2.45, 2.75) is 25.7 Å². The SMILES string of the molecule is C[C@H]1C[C@@H](COC(=O)c2ccccc2)O[C@H]1n1cnc2c(Cl)nc(N)nc21. The highest BCUT2D eigenvalue weighted by Gasteiger charge is 2.35. The molecule has 27 heavy (non-hydrogen) atoms. The molecule has 9 heteroatoms. The van der Waals surface area contributed by atoms with E-state index >= 15 is 0 Å². The number of benzene rings is 1. The van der Waals surface area contributed by atoms with Crippen LogP contribution in [0.4, 0.5) is 5.95 Å². The van der Waals surface area contributed by atoms with Crippen LogP contribution in [0.5, 0.6) is 0 Å². The molecule has 2 N–H and O–H groups in total. The van der Waals surface area contributed by atoms with Crippen molar-refractivity contribution >= 4 is 34.7 Å². The van der Waals surface area contributed by atoms with Crippen molar-refractivity contribution in [3.8, 4) is 0 Å². The van der Waals surface area contributed by atoms with Crippen LogP contribution >= 0.6 is 11.6 Å². The van der Waals surface area contributed by atoms with Crippen molar-refractivity contribution in [3.63, 3.8) is 0 Å². The Morgan fingerprint density at radius 1 is 1.37 bits per heavy atom. The van der Waals surface area contributed by atoms with Gasteiger partial charge in [-0.2, -0.15) is 9.97 Å². The molecule has 1 fully saturated rings. The lowest BCUT2D eigenvalue weighted by molar-refractivity contribution is -0.0376. The van der Waals surface area contributed by atoms with Gasteiger partial charge in [0, 0.05) is 5.92 Å². The summed E-state index contributed by atoms with van der Waals surface area (Å²) in [6.45, 7) is 2.24. The number of aromatic nitrogens is 4. The molecule has 0 aliphatic carbocycles. The van der Waals surface area contributed by atoms with Gasteiger partial charge < -0.3 is 15.2 Å². The summed E-state index contributed by atoms with van der Waals surface area (Å²) in [6.07, 6.45) is 1.83. The van der Waals surface area contributed by atoms with Gasteiger partial charge in [-0.15, -0.1) is 0 Å². The number of esters is 1. The molecule has 1 aliphatic rings. The third-order valence-electron chi connectivity index (χ3n) is 4.53. The van der Waals surface area contributed by atoms with E-state index in [0.717, 1.165) is 6.42 Å². The number of fused-ring (bicyclic) bond motifs is 1. The summed E-state index contributed by atoms with van der Waals surface area (Å²) >= 11 is 6.08. The Morgan fingerprint density at radius 3 is 2.93 bits per heavy atom. The summed E-state index contributed by atoms with van der Waals surface area (Å²) in [4.78, 5) is 24.5. The monoisotopic (exact) mass is 387 g/mol. The van der Waals surface area contributed by atoms with Crippen LogP contribution in [0.1, 0.15) is 29.9 Å². The van der Waals surface area contributed by atoms with Gasteiger partial charge in [0.05, 0.1) is 18.0 Å². The van der Waals surface area contributed by atoms with Crippen LogP contribution in [0, 0.1) is 5.92 Å². The molecule has 140 valence electrons. The molecule has 3 aromatic rings. The number of hydrogen-bond donors (Lipinski definition) is 1. The zero-order chi connectivity index (χ0) is 19.0. The van der Waals surface area contributed by atoms with Crippen LogP contribution in [0.25, 0.3) is 11.2 Å². The molecular weight excluding hydrogens is 370 g/mol. The molecule has 3 heterocycles. The second-order valence-electron chi connectivity index (χ2n) is 6.52. The fraction of sp³-hybridized carbons (Fsp3) is 0.333. The lowest BCUT2D eigenvalue weighted by Crippen LogP contribution is -2.19. The average Bonchev–Trinajstić information content (AvgIpc) is 3.23. The molecule has 3 atom stereocenters. The molecular formula is C18H18ClN5O3. The minimum Gasteiger partial charge on any atom is -0.459 e. The molecule has 0 bridgehead atoms. The number of imidazole rings is 1. The lowest BCUT2D eigenvalue weighted by Gasteiger charge is -2.17. The number of anilines is 1. The maximum atomic E-state index is 12.1. The zero-order valence-corrected chi connectivity index (χ0v) is 15.3. The lowest BCUT2D eigenvalue weighted by atomic mass is 10.1. The molecule has 0 spiro atoms. The first-order valence-electron chi connectivity index (χ1n) is 8.56. The fourth-order valence-corrected chi connectivity index (χ4v) is 3.50. The normalized spacial score (nSPS) is 22.2. The summed E-state index contributed by atoms with van der Waals surface area (Å²) in [5, 5.41) is 0.204. The standard InChI is InChI=1S/C18H18ClN5O3/c1-10-7-12(8-26-17(25)11-5-3-2-4-6-11)27-16(10)24-9-21-13-14(19)22-18(20)23-15(13)24/h2-6,9-10,12,16H,7-8H2,1H3,(H2,20,22,23)/t10-,12-,16+/m0/s1. The van der Waals surface area contributed by atoms with Crippen LogP contribution in [0.2, 0.25) is 5.15 Å². The highest BCUT2D eigenvalue weighted by Crippen LogP contribution is 2.36. The van der Waals surface area contributed by atoms with Gasteiger partial charge in [-0.25, -0.2) is 9.78 Å². The third kappa shape index (κ3) is 3.45. The van der Waals surface area contributed by atoms with E-state index in [4.69, 9.17) is 26.8 Å². The van der Waals surface area contributed by atoms with Crippen LogP contribution in [-0.2, 0) is 9.47 Å². The van der Waals surface area contributed by atoms with E-state index in [2.05, 4.69) is 21.9 Å². The van der Waals surface area contributed by atoms with E-state index in [1.165, 1.54) is 0 Å². The van der Waals surface area contributed by atoms with Crippen molar-refractivity contribution in [3.05, 3.63) is 47.4 Å². The third-order valence-corrected chi connectivity index (χ3v) is 4.80. The van der Waals surface area contributed by atoms with Gasteiger partial charge in [0.15, 0.2) is 10.8 Å². The first kappa shape index (κ1) is 17.7. The number of hydrogen-bond acceptors (Lipinski definition) is 7. The van der Waals surface area contributed by atoms with Gasteiger partial charge in [-0.3, -0.25) is 4.57 Å². The minimum atomic E-state index is -0.365. The molecule has 0 saturated carbocycles. The number of nitrogens with zero attached hydrogens (tertiary/aromatic N) is 4. The first-order valence-corrected chi connectivity index (χ1v) is 8.94. The van der Waals surface area contributed by atoms with Gasteiger partial charge in [0.1, 0.15) is 18.4 Å². The van der Waals surface area contributed by atoms with E-state index in [1.54, 1.807) is 35.2 Å². The Kier molecular flexibility index (Phi) is 4.67. The number of nitrogen functional groups attached to an aromatic ring is 1. The molecule has 2 aromatic heterocycles. The molecule has 1 aromatic carbocycles. The van der Waals surface area contributed by atoms with Gasteiger partial charge in [-0.05, 0) is 18.6 Å². The van der Waals surface area contributed by atoms with E-state index < -0.39 is 0 Å². The van der Waals surface area contributed by atoms with Gasteiger partial charge in [0.2, 0.25) is 5.95 Å². The highest BCUT2D eigenvalue weighted by atomic mass is 35.5. The predicted octanol–water partition coefficient (Wildman–Crippen LogP) is 2.84. The Bertz CT molecular complexity index is 978. The van der Waals surface area contributed by atoms with Crippen molar-refractivity contribution in [2.24, 2.45) is 5.92 Å². The van der Waals surface area contributed by atoms with E-state index in [-0.39, 0.29) is 41.9 Å². The van der Waals surface area contributed by atoms with E-state index in [1.807, 2.05) is 6.07 Å². The van der Waals surface area contributed by atoms with Crippen LogP contribution in [0.15, 0.2) is 36.7 Å². The number of carbonyl (C=O) groups excluding carboxylic acids is 1. The van der Waals surface area contributed by atoms with Crippen molar-refractivity contribution < 1.29 is 14.3 Å². The van der Waals surface area contributed by atoms with Gasteiger partial charge >= 0.3 is 5.97 Å².